The molecule has 100 valence electrons. The summed E-state index contributed by atoms with van der Waals surface area (Å²) in [5.41, 5.74) is 0. The highest BCUT2D eigenvalue weighted by Crippen LogP contribution is 1.87. The fourth-order valence-electron chi connectivity index (χ4n) is 0.968. The van der Waals surface area contributed by atoms with E-state index >= 15 is 0 Å². The predicted octanol–water partition coefficient (Wildman–Crippen LogP) is -0.415. The number of hydrogen-bond acceptors (Lipinski definition) is 4. The molecule has 0 aromatic rings. The minimum atomic E-state index is -3.07. The second-order valence-corrected chi connectivity index (χ2v) is 5.89. The van der Waals surface area contributed by atoms with Gasteiger partial charge in [-0.2, -0.15) is 0 Å². The summed E-state index contributed by atoms with van der Waals surface area (Å²) >= 11 is 0. The standard InChI is InChI=1S/C9H18N2O5S/c1-2-17(15,16)7-6-11-9(14)10-5-3-4-8(12)13/h2-7H2,1H3,(H,12,13)(H2,10,11,14). The molecule has 0 saturated heterocycles. The van der Waals surface area contributed by atoms with E-state index in [2.05, 4.69) is 10.6 Å². The largest absolute Gasteiger partial charge is 0.481 e. The van der Waals surface area contributed by atoms with Gasteiger partial charge in [-0.15, -0.1) is 0 Å². The Labute approximate surface area is 101 Å². The molecule has 0 fully saturated rings. The van der Waals surface area contributed by atoms with Crippen molar-refractivity contribution in [1.82, 2.24) is 10.6 Å². The fourth-order valence-corrected chi connectivity index (χ4v) is 1.67. The number of amides is 2. The van der Waals surface area contributed by atoms with Crippen molar-refractivity contribution in [3.8, 4) is 0 Å². The van der Waals surface area contributed by atoms with Gasteiger partial charge in [-0.25, -0.2) is 13.2 Å². The topological polar surface area (TPSA) is 113 Å². The minimum Gasteiger partial charge on any atom is -0.481 e. The zero-order valence-electron chi connectivity index (χ0n) is 9.73. The SMILES string of the molecule is CCS(=O)(=O)CCNC(=O)NCCCC(=O)O. The molecule has 0 rings (SSSR count). The molecule has 0 saturated carbocycles. The lowest BCUT2D eigenvalue weighted by molar-refractivity contribution is -0.137. The Morgan fingerprint density at radius 3 is 2.29 bits per heavy atom. The molecule has 0 spiro atoms. The summed E-state index contributed by atoms with van der Waals surface area (Å²) in [7, 11) is -3.07. The molecule has 3 N–H and O–H groups in total. The van der Waals surface area contributed by atoms with E-state index in [1.54, 1.807) is 6.92 Å². The maximum absolute atomic E-state index is 11.1. The van der Waals surface area contributed by atoms with E-state index in [-0.39, 0.29) is 31.0 Å². The van der Waals surface area contributed by atoms with Gasteiger partial charge in [0, 0.05) is 25.3 Å². The van der Waals surface area contributed by atoms with Crippen LogP contribution in [0.1, 0.15) is 19.8 Å². The van der Waals surface area contributed by atoms with Crippen LogP contribution in [0.4, 0.5) is 4.79 Å². The van der Waals surface area contributed by atoms with E-state index in [4.69, 9.17) is 5.11 Å². The van der Waals surface area contributed by atoms with Crippen LogP contribution in [0, 0.1) is 0 Å². The van der Waals surface area contributed by atoms with Crippen LogP contribution in [0.3, 0.4) is 0 Å². The van der Waals surface area contributed by atoms with E-state index in [0.717, 1.165) is 0 Å². The first kappa shape index (κ1) is 15.7. The number of urea groups is 1. The van der Waals surface area contributed by atoms with Gasteiger partial charge in [-0.05, 0) is 6.42 Å². The van der Waals surface area contributed by atoms with Gasteiger partial charge in [0.2, 0.25) is 0 Å². The minimum absolute atomic E-state index is 0.00943. The molecule has 0 aliphatic rings. The third-order valence-corrected chi connectivity index (χ3v) is 3.70. The third-order valence-electron chi connectivity index (χ3n) is 1.99. The van der Waals surface area contributed by atoms with Crippen molar-refractivity contribution in [1.29, 1.82) is 0 Å². The van der Waals surface area contributed by atoms with Gasteiger partial charge in [-0.1, -0.05) is 6.92 Å². The summed E-state index contributed by atoms with van der Waals surface area (Å²) in [6.07, 6.45) is 0.334. The summed E-state index contributed by atoms with van der Waals surface area (Å²) < 4.78 is 22.2. The second kappa shape index (κ2) is 7.88. The first-order valence-corrected chi connectivity index (χ1v) is 7.13. The molecule has 7 nitrogen and oxygen atoms in total. The highest BCUT2D eigenvalue weighted by atomic mass is 32.2. The summed E-state index contributed by atoms with van der Waals surface area (Å²) in [6.45, 7) is 1.85. The summed E-state index contributed by atoms with van der Waals surface area (Å²) in [4.78, 5) is 21.3. The molecule has 0 aromatic heterocycles. The summed E-state index contributed by atoms with van der Waals surface area (Å²) in [6, 6.07) is -0.485. The van der Waals surface area contributed by atoms with E-state index < -0.39 is 21.8 Å². The van der Waals surface area contributed by atoms with Crippen molar-refractivity contribution in [2.75, 3.05) is 24.6 Å². The molecule has 0 radical (unpaired) electrons. The van der Waals surface area contributed by atoms with Crippen molar-refractivity contribution >= 4 is 21.8 Å². The lowest BCUT2D eigenvalue weighted by Gasteiger charge is -2.06. The number of carboxylic acid groups (broad SMARTS) is 1. The predicted molar refractivity (Wildman–Crippen MR) is 62.6 cm³/mol. The number of carbonyl (C=O) groups is 2. The van der Waals surface area contributed by atoms with E-state index in [1.807, 2.05) is 0 Å². The van der Waals surface area contributed by atoms with Crippen LogP contribution in [0.25, 0.3) is 0 Å². The highest BCUT2D eigenvalue weighted by Gasteiger charge is 2.07. The zero-order valence-corrected chi connectivity index (χ0v) is 10.5. The van der Waals surface area contributed by atoms with E-state index in [0.29, 0.717) is 6.42 Å². The monoisotopic (exact) mass is 266 g/mol. The Bertz CT molecular complexity index is 352. The van der Waals surface area contributed by atoms with Crippen molar-refractivity contribution in [2.45, 2.75) is 19.8 Å². The van der Waals surface area contributed by atoms with Crippen LogP contribution in [-0.2, 0) is 14.6 Å². The molecule has 2 amide bonds. The normalized spacial score (nSPS) is 10.9. The second-order valence-electron chi connectivity index (χ2n) is 3.42. The number of carbonyl (C=O) groups excluding carboxylic acids is 1. The number of sulfone groups is 1. The molecule has 0 heterocycles. The summed E-state index contributed by atoms with van der Waals surface area (Å²) in [5, 5.41) is 13.2. The summed E-state index contributed by atoms with van der Waals surface area (Å²) in [5.74, 6) is -0.956. The Hall–Kier alpha value is -1.31. The highest BCUT2D eigenvalue weighted by molar-refractivity contribution is 7.91. The number of rotatable bonds is 8. The van der Waals surface area contributed by atoms with E-state index in [1.165, 1.54) is 0 Å². The number of carboxylic acids is 1. The average molecular weight is 266 g/mol. The fraction of sp³-hybridized carbons (Fsp3) is 0.778. The Balaban J connectivity index is 3.57. The molecule has 0 aliphatic heterocycles. The molecule has 0 aromatic carbocycles. The van der Waals surface area contributed by atoms with Crippen LogP contribution in [0.15, 0.2) is 0 Å². The maximum atomic E-state index is 11.1. The number of hydrogen-bond donors (Lipinski definition) is 3. The number of aliphatic carboxylic acids is 1. The first-order valence-electron chi connectivity index (χ1n) is 5.31. The Kier molecular flexibility index (Phi) is 7.27. The average Bonchev–Trinajstić information content (AvgIpc) is 2.24. The quantitative estimate of drug-likeness (QED) is 0.517. The molecular weight excluding hydrogens is 248 g/mol. The molecule has 0 unspecified atom stereocenters. The van der Waals surface area contributed by atoms with Gasteiger partial charge in [0.1, 0.15) is 0 Å². The molecule has 17 heavy (non-hydrogen) atoms. The maximum Gasteiger partial charge on any atom is 0.314 e. The van der Waals surface area contributed by atoms with Crippen molar-refractivity contribution in [3.63, 3.8) is 0 Å². The van der Waals surface area contributed by atoms with Gasteiger partial charge < -0.3 is 15.7 Å². The molecule has 8 heteroatoms. The van der Waals surface area contributed by atoms with Crippen LogP contribution in [0.2, 0.25) is 0 Å². The van der Waals surface area contributed by atoms with Crippen LogP contribution in [-0.4, -0.2) is 50.1 Å². The Morgan fingerprint density at radius 1 is 1.18 bits per heavy atom. The Morgan fingerprint density at radius 2 is 1.76 bits per heavy atom. The molecule has 0 bridgehead atoms. The van der Waals surface area contributed by atoms with Crippen molar-refractivity contribution < 1.29 is 23.1 Å². The van der Waals surface area contributed by atoms with Crippen LogP contribution in [0.5, 0.6) is 0 Å². The van der Waals surface area contributed by atoms with Crippen LogP contribution >= 0.6 is 0 Å². The van der Waals surface area contributed by atoms with Crippen LogP contribution < -0.4 is 10.6 Å². The van der Waals surface area contributed by atoms with Gasteiger partial charge in [0.05, 0.1) is 5.75 Å². The van der Waals surface area contributed by atoms with Gasteiger partial charge >= 0.3 is 12.0 Å². The van der Waals surface area contributed by atoms with Gasteiger partial charge in [-0.3, -0.25) is 4.79 Å². The van der Waals surface area contributed by atoms with Crippen molar-refractivity contribution in [3.05, 3.63) is 0 Å². The lowest BCUT2D eigenvalue weighted by atomic mass is 10.3. The molecule has 0 aliphatic carbocycles. The van der Waals surface area contributed by atoms with Crippen molar-refractivity contribution in [2.24, 2.45) is 0 Å². The first-order chi connectivity index (χ1) is 7.87. The van der Waals surface area contributed by atoms with Gasteiger partial charge in [0.15, 0.2) is 9.84 Å². The number of nitrogens with one attached hydrogen (secondary N) is 2. The molecule has 0 atom stereocenters. The smallest absolute Gasteiger partial charge is 0.314 e. The van der Waals surface area contributed by atoms with E-state index in [9.17, 15) is 18.0 Å². The molecular formula is C9H18N2O5S. The lowest BCUT2D eigenvalue weighted by Crippen LogP contribution is -2.38. The van der Waals surface area contributed by atoms with Gasteiger partial charge in [0.25, 0.3) is 0 Å². The third kappa shape index (κ3) is 9.61. The zero-order chi connectivity index (χ0) is 13.3.